The van der Waals surface area contributed by atoms with Gasteiger partial charge in [-0.15, -0.1) is 0 Å². The van der Waals surface area contributed by atoms with Crippen LogP contribution in [0.2, 0.25) is 0 Å². The Balaban J connectivity index is 2.02. The van der Waals surface area contributed by atoms with Crippen molar-refractivity contribution in [2.45, 2.75) is 45.3 Å². The van der Waals surface area contributed by atoms with Gasteiger partial charge in [-0.2, -0.15) is 0 Å². The first kappa shape index (κ1) is 16.8. The smallest absolute Gasteiger partial charge is 0.477 e. The van der Waals surface area contributed by atoms with Gasteiger partial charge in [-0.25, -0.2) is 4.98 Å². The number of rotatable bonds is 5. The number of hydrogen-bond acceptors (Lipinski definition) is 6. The Hall–Kier alpha value is -1.60. The Morgan fingerprint density at radius 3 is 2.50 bits per heavy atom. The molecule has 0 amide bonds. The van der Waals surface area contributed by atoms with Crippen molar-refractivity contribution < 1.29 is 23.6 Å². The number of esters is 1. The lowest BCUT2D eigenvalue weighted by atomic mass is 9.80. The minimum Gasteiger partial charge on any atom is -0.477 e. The van der Waals surface area contributed by atoms with Crippen molar-refractivity contribution in [1.82, 2.24) is 4.98 Å². The van der Waals surface area contributed by atoms with E-state index in [9.17, 15) is 4.79 Å². The summed E-state index contributed by atoms with van der Waals surface area (Å²) < 4.78 is 22.0. The molecule has 1 aliphatic heterocycles. The summed E-state index contributed by atoms with van der Waals surface area (Å²) in [6.07, 6.45) is 1.81. The summed E-state index contributed by atoms with van der Waals surface area (Å²) in [5.74, 6) is 0.109. The topological polar surface area (TPSA) is 66.9 Å². The first-order valence-electron chi connectivity index (χ1n) is 7.26. The molecular formula is C15H22BNO5. The molecule has 0 atom stereocenters. The SMILES string of the molecule is COC(=O)CCOc1cc(B2OC(C)(C)C(C)(C)O2)ccn1. The maximum Gasteiger partial charge on any atom is 0.495 e. The lowest BCUT2D eigenvalue weighted by Gasteiger charge is -2.32. The summed E-state index contributed by atoms with van der Waals surface area (Å²) in [7, 11) is 0.885. The molecule has 1 aliphatic rings. The van der Waals surface area contributed by atoms with E-state index in [1.54, 1.807) is 12.3 Å². The van der Waals surface area contributed by atoms with Gasteiger partial charge in [0.2, 0.25) is 5.88 Å². The summed E-state index contributed by atoms with van der Waals surface area (Å²) >= 11 is 0. The highest BCUT2D eigenvalue weighted by atomic mass is 16.7. The fourth-order valence-corrected chi connectivity index (χ4v) is 1.97. The Labute approximate surface area is 131 Å². The van der Waals surface area contributed by atoms with E-state index in [-0.39, 0.29) is 19.0 Å². The van der Waals surface area contributed by atoms with E-state index >= 15 is 0 Å². The fourth-order valence-electron chi connectivity index (χ4n) is 1.97. The molecule has 0 unspecified atom stereocenters. The number of ether oxygens (including phenoxy) is 2. The van der Waals surface area contributed by atoms with Crippen LogP contribution in [0.25, 0.3) is 0 Å². The molecule has 0 aliphatic carbocycles. The van der Waals surface area contributed by atoms with Crippen molar-refractivity contribution in [2.75, 3.05) is 13.7 Å². The lowest BCUT2D eigenvalue weighted by molar-refractivity contribution is -0.141. The van der Waals surface area contributed by atoms with Crippen LogP contribution in [-0.4, -0.2) is 43.0 Å². The van der Waals surface area contributed by atoms with Crippen LogP contribution in [0, 0.1) is 0 Å². The minimum atomic E-state index is -0.462. The number of aromatic nitrogens is 1. The van der Waals surface area contributed by atoms with Gasteiger partial charge in [-0.05, 0) is 39.2 Å². The van der Waals surface area contributed by atoms with E-state index in [2.05, 4.69) is 9.72 Å². The summed E-state index contributed by atoms with van der Waals surface area (Å²) in [6, 6.07) is 3.59. The van der Waals surface area contributed by atoms with Gasteiger partial charge < -0.3 is 18.8 Å². The molecule has 0 radical (unpaired) electrons. The van der Waals surface area contributed by atoms with Crippen molar-refractivity contribution in [3.8, 4) is 5.88 Å². The third-order valence-electron chi connectivity index (χ3n) is 4.07. The summed E-state index contributed by atoms with van der Waals surface area (Å²) in [5, 5.41) is 0. The van der Waals surface area contributed by atoms with E-state index in [0.717, 1.165) is 5.46 Å². The Kier molecular flexibility index (Phi) is 4.77. The average molecular weight is 307 g/mol. The molecule has 1 aromatic heterocycles. The highest BCUT2D eigenvalue weighted by Gasteiger charge is 2.51. The van der Waals surface area contributed by atoms with Crippen molar-refractivity contribution in [3.05, 3.63) is 18.3 Å². The highest BCUT2D eigenvalue weighted by Crippen LogP contribution is 2.36. The maximum atomic E-state index is 11.1. The number of pyridine rings is 1. The van der Waals surface area contributed by atoms with Crippen LogP contribution in [0.3, 0.4) is 0 Å². The van der Waals surface area contributed by atoms with E-state index in [1.165, 1.54) is 7.11 Å². The molecular weight excluding hydrogens is 285 g/mol. The van der Waals surface area contributed by atoms with Crippen molar-refractivity contribution in [1.29, 1.82) is 0 Å². The van der Waals surface area contributed by atoms with Crippen LogP contribution < -0.4 is 10.2 Å². The van der Waals surface area contributed by atoms with Crippen LogP contribution in [0.15, 0.2) is 18.3 Å². The van der Waals surface area contributed by atoms with Gasteiger partial charge in [0.25, 0.3) is 0 Å². The van der Waals surface area contributed by atoms with Crippen LogP contribution in [0.1, 0.15) is 34.1 Å². The van der Waals surface area contributed by atoms with E-state index in [0.29, 0.717) is 5.88 Å². The highest BCUT2D eigenvalue weighted by molar-refractivity contribution is 6.62. The summed E-state index contributed by atoms with van der Waals surface area (Å²) in [5.41, 5.74) is 0.0429. The Bertz CT molecular complexity index is 530. The molecule has 0 spiro atoms. The molecule has 0 saturated carbocycles. The molecule has 1 fully saturated rings. The Morgan fingerprint density at radius 2 is 1.91 bits per heavy atom. The number of nitrogens with zero attached hydrogens (tertiary/aromatic N) is 1. The summed E-state index contributed by atoms with van der Waals surface area (Å²) in [6.45, 7) is 8.22. The zero-order chi connectivity index (χ0) is 16.4. The zero-order valence-electron chi connectivity index (χ0n) is 13.7. The van der Waals surface area contributed by atoms with E-state index < -0.39 is 18.3 Å². The van der Waals surface area contributed by atoms with E-state index in [1.807, 2.05) is 33.8 Å². The van der Waals surface area contributed by atoms with E-state index in [4.69, 9.17) is 14.0 Å². The van der Waals surface area contributed by atoms with Crippen molar-refractivity contribution in [3.63, 3.8) is 0 Å². The first-order valence-corrected chi connectivity index (χ1v) is 7.26. The normalized spacial score (nSPS) is 19.0. The molecule has 1 aromatic rings. The Morgan fingerprint density at radius 1 is 1.27 bits per heavy atom. The third kappa shape index (κ3) is 3.59. The molecule has 1 saturated heterocycles. The average Bonchev–Trinajstić information content (AvgIpc) is 2.67. The van der Waals surface area contributed by atoms with Gasteiger partial charge in [0, 0.05) is 12.3 Å². The second-order valence-corrected chi connectivity index (χ2v) is 6.19. The number of methoxy groups -OCH3 is 1. The van der Waals surface area contributed by atoms with Gasteiger partial charge in [-0.3, -0.25) is 4.79 Å². The maximum absolute atomic E-state index is 11.1. The molecule has 2 rings (SSSR count). The van der Waals surface area contributed by atoms with Gasteiger partial charge >= 0.3 is 13.1 Å². The first-order chi connectivity index (χ1) is 10.2. The quantitative estimate of drug-likeness (QED) is 0.604. The van der Waals surface area contributed by atoms with Crippen LogP contribution in [0.4, 0.5) is 0 Å². The molecule has 6 nitrogen and oxygen atoms in total. The molecule has 2 heterocycles. The molecule has 120 valence electrons. The lowest BCUT2D eigenvalue weighted by Crippen LogP contribution is -2.41. The van der Waals surface area contributed by atoms with Crippen molar-refractivity contribution in [2.24, 2.45) is 0 Å². The van der Waals surface area contributed by atoms with Gasteiger partial charge in [-0.1, -0.05) is 0 Å². The fraction of sp³-hybridized carbons (Fsp3) is 0.600. The minimum absolute atomic E-state index is 0.179. The van der Waals surface area contributed by atoms with Crippen LogP contribution in [-0.2, 0) is 18.8 Å². The predicted octanol–water partition coefficient (Wildman–Crippen LogP) is 1.32. The second-order valence-electron chi connectivity index (χ2n) is 6.19. The second kappa shape index (κ2) is 6.26. The molecule has 0 bridgehead atoms. The number of carbonyl (C=O) groups excluding carboxylic acids is 1. The van der Waals surface area contributed by atoms with Gasteiger partial charge in [0.05, 0.1) is 24.7 Å². The third-order valence-corrected chi connectivity index (χ3v) is 4.07. The van der Waals surface area contributed by atoms with Crippen LogP contribution in [0.5, 0.6) is 5.88 Å². The van der Waals surface area contributed by atoms with Crippen LogP contribution >= 0.6 is 0 Å². The largest absolute Gasteiger partial charge is 0.495 e. The van der Waals surface area contributed by atoms with Gasteiger partial charge in [0.1, 0.15) is 6.61 Å². The summed E-state index contributed by atoms with van der Waals surface area (Å²) in [4.78, 5) is 15.2. The molecule has 22 heavy (non-hydrogen) atoms. The number of carbonyl (C=O) groups is 1. The predicted molar refractivity (Wildman–Crippen MR) is 82.1 cm³/mol. The molecule has 7 heteroatoms. The monoisotopic (exact) mass is 307 g/mol. The molecule has 0 aromatic carbocycles. The molecule has 0 N–H and O–H groups in total. The number of hydrogen-bond donors (Lipinski definition) is 0. The van der Waals surface area contributed by atoms with Gasteiger partial charge in [0.15, 0.2) is 0 Å². The standard InChI is InChI=1S/C15H22BNO5/c1-14(2)15(3,4)22-16(21-14)11-6-8-17-12(10-11)20-9-7-13(18)19-5/h6,8,10H,7,9H2,1-5H3. The van der Waals surface area contributed by atoms with Crippen molar-refractivity contribution >= 4 is 18.6 Å². The zero-order valence-corrected chi connectivity index (χ0v) is 13.7.